The molecule has 4 aromatic rings. The van der Waals surface area contributed by atoms with Crippen LogP contribution in [-0.2, 0) is 19.6 Å². The summed E-state index contributed by atoms with van der Waals surface area (Å²) in [7, 11) is 0. The van der Waals surface area contributed by atoms with Crippen molar-refractivity contribution in [1.82, 2.24) is 24.8 Å². The number of benzene rings is 1. The van der Waals surface area contributed by atoms with Gasteiger partial charge in [-0.3, -0.25) is 4.79 Å². The number of nitrogen functional groups attached to an aromatic ring is 1. The van der Waals surface area contributed by atoms with Crippen LogP contribution in [0.5, 0.6) is 0 Å². The first-order valence-electron chi connectivity index (χ1n) is 9.61. The van der Waals surface area contributed by atoms with Crippen molar-refractivity contribution in [3.05, 3.63) is 47.5 Å². The zero-order valence-electron chi connectivity index (χ0n) is 16.6. The van der Waals surface area contributed by atoms with Crippen molar-refractivity contribution in [1.29, 1.82) is 0 Å². The number of carboxylic acid groups (broad SMARTS) is 1. The third kappa shape index (κ3) is 3.11. The monoisotopic (exact) mass is 408 g/mol. The Bertz CT molecular complexity index is 1290. The number of nitrogens with one attached hydrogen (secondary N) is 2. The number of H-pyrrole nitrogens is 1. The molecule has 0 saturated heterocycles. The quantitative estimate of drug-likeness (QED) is 0.356. The van der Waals surface area contributed by atoms with E-state index in [0.717, 1.165) is 16.9 Å². The molecule has 0 fully saturated rings. The first-order valence-corrected chi connectivity index (χ1v) is 9.61. The van der Waals surface area contributed by atoms with E-state index in [1.165, 1.54) is 0 Å². The van der Waals surface area contributed by atoms with Crippen molar-refractivity contribution in [3.8, 4) is 0 Å². The lowest BCUT2D eigenvalue weighted by atomic mass is 10.2. The Balaban J connectivity index is 1.69. The van der Waals surface area contributed by atoms with Crippen molar-refractivity contribution in [3.63, 3.8) is 0 Å². The number of aromatic nitrogens is 5. The normalized spacial score (nSPS) is 11.3. The predicted molar refractivity (Wildman–Crippen MR) is 110 cm³/mol. The molecule has 4 rings (SSSR count). The molecule has 0 aliphatic rings. The number of nitrogens with two attached hydrogens (primary N) is 1. The van der Waals surface area contributed by atoms with E-state index in [0.29, 0.717) is 24.3 Å². The van der Waals surface area contributed by atoms with Crippen LogP contribution in [-0.4, -0.2) is 36.5 Å². The van der Waals surface area contributed by atoms with Gasteiger partial charge in [0, 0.05) is 12.3 Å². The minimum Gasteiger partial charge on any atom is -0.478 e. The van der Waals surface area contributed by atoms with E-state index in [4.69, 9.17) is 5.73 Å². The van der Waals surface area contributed by atoms with Crippen LogP contribution in [0.3, 0.4) is 0 Å². The van der Waals surface area contributed by atoms with Crippen LogP contribution in [0, 0.1) is 0 Å². The number of nitrogens with zero attached hydrogens (tertiary/aromatic N) is 4. The highest BCUT2D eigenvalue weighted by Crippen LogP contribution is 2.18. The summed E-state index contributed by atoms with van der Waals surface area (Å²) in [4.78, 5) is 35.5. The van der Waals surface area contributed by atoms with E-state index in [1.54, 1.807) is 30.5 Å². The lowest BCUT2D eigenvalue weighted by Crippen LogP contribution is -2.40. The van der Waals surface area contributed by atoms with Gasteiger partial charge in [-0.25, -0.2) is 23.9 Å². The Hall–Kier alpha value is -3.95. The second kappa shape index (κ2) is 7.47. The summed E-state index contributed by atoms with van der Waals surface area (Å²) in [5.41, 5.74) is 8.99. The minimum absolute atomic E-state index is 0.0490. The highest BCUT2D eigenvalue weighted by Gasteiger charge is 2.25. The maximum atomic E-state index is 12.8. The summed E-state index contributed by atoms with van der Waals surface area (Å²) in [5, 5.41) is 12.2. The molecule has 10 nitrogen and oxygen atoms in total. The maximum absolute atomic E-state index is 12.8. The largest absolute Gasteiger partial charge is 0.478 e. The zero-order chi connectivity index (χ0) is 21.4. The van der Waals surface area contributed by atoms with E-state index in [9.17, 15) is 14.7 Å². The maximum Gasteiger partial charge on any atom is 0.335 e. The fraction of sp³-hybridized carbons (Fsp3) is 0.250. The van der Waals surface area contributed by atoms with Gasteiger partial charge in [-0.1, -0.05) is 0 Å². The third-order valence-electron chi connectivity index (χ3n) is 5.09. The number of aryl methyl sites for hydroxylation is 2. The number of carboxylic acids is 1. The van der Waals surface area contributed by atoms with E-state index in [-0.39, 0.29) is 23.6 Å². The molecule has 0 atom stereocenters. The van der Waals surface area contributed by atoms with Crippen molar-refractivity contribution >= 4 is 39.9 Å². The van der Waals surface area contributed by atoms with Crippen molar-refractivity contribution in [2.24, 2.45) is 0 Å². The summed E-state index contributed by atoms with van der Waals surface area (Å²) in [5.74, 6) is -0.508. The lowest BCUT2D eigenvalue weighted by molar-refractivity contribution is -0.676. The van der Waals surface area contributed by atoms with E-state index in [1.807, 2.05) is 18.4 Å². The molecule has 0 spiro atoms. The number of anilines is 1. The molecular weight excluding hydrogens is 386 g/mol. The van der Waals surface area contributed by atoms with Crippen molar-refractivity contribution < 1.29 is 19.3 Å². The van der Waals surface area contributed by atoms with Gasteiger partial charge in [-0.05, 0) is 32.0 Å². The standard InChI is InChI=1S/C20H21N7O3/c1-3-26-13-6-5-11(20(29)30)9-14(13)27(4-2)15(26)10-23-19(28)16-17(21)25-18-12(24-16)7-8-22-18/h5-9H,3-4,10H2,1-2H3,(H4-,21,22,23,24,25,28,29,30)/p+1. The molecule has 30 heavy (non-hydrogen) atoms. The molecule has 0 saturated carbocycles. The van der Waals surface area contributed by atoms with Crippen molar-refractivity contribution in [2.45, 2.75) is 33.5 Å². The molecule has 3 aromatic heterocycles. The number of fused-ring (bicyclic) bond motifs is 2. The smallest absolute Gasteiger partial charge is 0.335 e. The Labute approximate surface area is 171 Å². The van der Waals surface area contributed by atoms with Gasteiger partial charge in [-0.15, -0.1) is 0 Å². The number of hydrogen-bond donors (Lipinski definition) is 4. The highest BCUT2D eigenvalue weighted by molar-refractivity contribution is 5.98. The predicted octanol–water partition coefficient (Wildman–Crippen LogP) is 1.45. The van der Waals surface area contributed by atoms with Crippen LogP contribution in [0.2, 0.25) is 0 Å². The van der Waals surface area contributed by atoms with Crippen LogP contribution in [0.1, 0.15) is 40.5 Å². The molecule has 154 valence electrons. The topological polar surface area (TPSA) is 143 Å². The molecule has 3 heterocycles. The van der Waals surface area contributed by atoms with Crippen LogP contribution in [0.15, 0.2) is 30.5 Å². The number of aromatic carboxylic acids is 1. The molecule has 10 heteroatoms. The number of carbonyl (C=O) groups excluding carboxylic acids is 1. The number of carbonyl (C=O) groups is 2. The van der Waals surface area contributed by atoms with Gasteiger partial charge in [-0.2, -0.15) is 0 Å². The summed E-state index contributed by atoms with van der Waals surface area (Å²) in [6, 6.07) is 6.76. The molecule has 0 aliphatic carbocycles. The second-order valence-electron chi connectivity index (χ2n) is 6.77. The van der Waals surface area contributed by atoms with Gasteiger partial charge >= 0.3 is 5.97 Å². The molecule has 0 radical (unpaired) electrons. The van der Waals surface area contributed by atoms with Gasteiger partial charge in [0.2, 0.25) is 0 Å². The van der Waals surface area contributed by atoms with Crippen LogP contribution < -0.4 is 15.6 Å². The summed E-state index contributed by atoms with van der Waals surface area (Å²) < 4.78 is 4.05. The van der Waals surface area contributed by atoms with Gasteiger partial charge in [0.15, 0.2) is 28.2 Å². The average Bonchev–Trinajstić information content (AvgIpc) is 3.31. The number of hydrogen-bond acceptors (Lipinski definition) is 5. The van der Waals surface area contributed by atoms with Gasteiger partial charge in [0.05, 0.1) is 18.7 Å². The van der Waals surface area contributed by atoms with Gasteiger partial charge < -0.3 is 21.1 Å². The molecular formula is C20H22N7O3+. The summed E-state index contributed by atoms with van der Waals surface area (Å²) in [6.45, 7) is 5.48. The SMILES string of the molecule is CCn1c(CNC(=O)c2nc3cc[nH]c3nc2N)[n+](CC)c2ccc(C(=O)O)cc21. The second-order valence-corrected chi connectivity index (χ2v) is 6.77. The molecule has 0 aliphatic heterocycles. The fourth-order valence-electron chi connectivity index (χ4n) is 3.71. The van der Waals surface area contributed by atoms with E-state index >= 15 is 0 Å². The number of aromatic amines is 1. The van der Waals surface area contributed by atoms with Crippen LogP contribution >= 0.6 is 0 Å². The first kappa shape index (κ1) is 19.4. The molecule has 1 aromatic carbocycles. The lowest BCUT2D eigenvalue weighted by Gasteiger charge is -2.07. The van der Waals surface area contributed by atoms with Crippen LogP contribution in [0.25, 0.3) is 22.2 Å². The Morgan fingerprint density at radius 3 is 2.77 bits per heavy atom. The number of imidazole rings is 1. The molecule has 5 N–H and O–H groups in total. The molecule has 1 amide bonds. The zero-order valence-corrected chi connectivity index (χ0v) is 16.6. The first-order chi connectivity index (χ1) is 14.4. The van der Waals surface area contributed by atoms with E-state index < -0.39 is 11.9 Å². The average molecular weight is 408 g/mol. The molecule has 0 unspecified atom stereocenters. The Kier molecular flexibility index (Phi) is 4.82. The van der Waals surface area contributed by atoms with Crippen molar-refractivity contribution in [2.75, 3.05) is 5.73 Å². The number of amides is 1. The summed E-state index contributed by atoms with van der Waals surface area (Å²) in [6.07, 6.45) is 1.68. The summed E-state index contributed by atoms with van der Waals surface area (Å²) >= 11 is 0. The molecule has 0 bridgehead atoms. The van der Waals surface area contributed by atoms with Gasteiger partial charge in [0.25, 0.3) is 11.7 Å². The highest BCUT2D eigenvalue weighted by atomic mass is 16.4. The third-order valence-corrected chi connectivity index (χ3v) is 5.09. The fourth-order valence-corrected chi connectivity index (χ4v) is 3.71. The minimum atomic E-state index is -0.979. The van der Waals surface area contributed by atoms with E-state index in [2.05, 4.69) is 24.8 Å². The van der Waals surface area contributed by atoms with Crippen LogP contribution in [0.4, 0.5) is 5.82 Å². The number of rotatable bonds is 6. The van der Waals surface area contributed by atoms with Gasteiger partial charge in [0.1, 0.15) is 12.1 Å². The Morgan fingerprint density at radius 1 is 1.27 bits per heavy atom. The Morgan fingerprint density at radius 2 is 2.07 bits per heavy atom.